The fourth-order valence-corrected chi connectivity index (χ4v) is 3.54. The Balaban J connectivity index is 1.38. The first-order chi connectivity index (χ1) is 15.0. The molecule has 1 atom stereocenters. The van der Waals surface area contributed by atoms with Crippen LogP contribution in [-0.4, -0.2) is 53.4 Å². The van der Waals surface area contributed by atoms with Crippen LogP contribution < -0.4 is 10.6 Å². The topological polar surface area (TPSA) is 121 Å². The molecule has 158 valence electrons. The Morgan fingerprint density at radius 3 is 2.58 bits per heavy atom. The molecule has 31 heavy (non-hydrogen) atoms. The van der Waals surface area contributed by atoms with Crippen molar-refractivity contribution >= 4 is 40.4 Å². The highest BCUT2D eigenvalue weighted by atomic mass is 16.5. The lowest BCUT2D eigenvalue weighted by Gasteiger charge is -2.13. The maximum absolute atomic E-state index is 12.7. The van der Waals surface area contributed by atoms with Crippen molar-refractivity contribution in [1.82, 2.24) is 15.2 Å². The third-order valence-electron chi connectivity index (χ3n) is 5.10. The van der Waals surface area contributed by atoms with Gasteiger partial charge >= 0.3 is 12.0 Å². The molecule has 1 aliphatic rings. The minimum Gasteiger partial charge on any atom is -0.465 e. The van der Waals surface area contributed by atoms with Gasteiger partial charge in [-0.2, -0.15) is 0 Å². The number of urea groups is 1. The number of H-pyrrole nitrogens is 1. The molecule has 3 N–H and O–H groups in total. The standard InChI is InChI=1S/C22H20N4O5/c1-31-21(29)13-6-8-15(9-7-13)24-19(27)12-26-20(28)18(25-22(26)30)10-14-11-23-17-5-3-2-4-16(14)17/h2-9,11,18,23H,10,12H2,1H3,(H,24,27)(H,25,30). The van der Waals surface area contributed by atoms with Gasteiger partial charge in [0.05, 0.1) is 12.7 Å². The molecule has 1 aromatic heterocycles. The van der Waals surface area contributed by atoms with Gasteiger partial charge in [0.2, 0.25) is 5.91 Å². The number of imide groups is 1. The largest absolute Gasteiger partial charge is 0.465 e. The summed E-state index contributed by atoms with van der Waals surface area (Å²) < 4.78 is 4.62. The molecule has 2 aromatic carbocycles. The zero-order valence-corrected chi connectivity index (χ0v) is 16.7. The molecule has 9 heteroatoms. The predicted molar refractivity (Wildman–Crippen MR) is 112 cm³/mol. The molecule has 4 amide bonds. The Hall–Kier alpha value is -4.14. The second-order valence-electron chi connectivity index (χ2n) is 7.11. The van der Waals surface area contributed by atoms with Gasteiger partial charge in [-0.3, -0.25) is 14.5 Å². The van der Waals surface area contributed by atoms with Gasteiger partial charge in [-0.05, 0) is 35.9 Å². The average molecular weight is 420 g/mol. The van der Waals surface area contributed by atoms with Crippen LogP contribution in [0.15, 0.2) is 54.7 Å². The van der Waals surface area contributed by atoms with E-state index in [0.29, 0.717) is 17.7 Å². The lowest BCUT2D eigenvalue weighted by molar-refractivity contribution is -0.130. The smallest absolute Gasteiger partial charge is 0.337 e. The van der Waals surface area contributed by atoms with Crippen LogP contribution in [0, 0.1) is 0 Å². The van der Waals surface area contributed by atoms with Crippen LogP contribution in [0.2, 0.25) is 0 Å². The number of fused-ring (bicyclic) bond motifs is 1. The molecule has 0 bridgehead atoms. The molecule has 1 saturated heterocycles. The van der Waals surface area contributed by atoms with Gasteiger partial charge in [0.1, 0.15) is 12.6 Å². The number of aromatic nitrogens is 1. The first-order valence-corrected chi connectivity index (χ1v) is 9.61. The quantitative estimate of drug-likeness (QED) is 0.416. The number of ether oxygens (including phenoxy) is 1. The number of amides is 4. The number of rotatable bonds is 6. The number of nitrogens with one attached hydrogen (secondary N) is 3. The van der Waals surface area contributed by atoms with Crippen molar-refractivity contribution in [3.8, 4) is 0 Å². The molecule has 0 spiro atoms. The van der Waals surface area contributed by atoms with Crippen LogP contribution in [0.4, 0.5) is 10.5 Å². The Bertz CT molecular complexity index is 1170. The fraction of sp³-hybridized carbons (Fsp3) is 0.182. The molecule has 2 heterocycles. The number of nitrogens with zero attached hydrogens (tertiary/aromatic N) is 1. The number of hydrogen-bond donors (Lipinski definition) is 3. The first-order valence-electron chi connectivity index (χ1n) is 9.61. The van der Waals surface area contributed by atoms with E-state index in [2.05, 4.69) is 20.4 Å². The van der Waals surface area contributed by atoms with E-state index in [1.54, 1.807) is 0 Å². The number of methoxy groups -OCH3 is 1. The maximum Gasteiger partial charge on any atom is 0.337 e. The second kappa shape index (κ2) is 8.31. The Labute approximate surface area is 177 Å². The zero-order valence-electron chi connectivity index (χ0n) is 16.7. The third kappa shape index (κ3) is 4.11. The molecule has 0 radical (unpaired) electrons. The van der Waals surface area contributed by atoms with Crippen molar-refractivity contribution in [3.05, 3.63) is 65.9 Å². The van der Waals surface area contributed by atoms with E-state index in [-0.39, 0.29) is 0 Å². The number of esters is 1. The van der Waals surface area contributed by atoms with Crippen molar-refractivity contribution < 1.29 is 23.9 Å². The maximum atomic E-state index is 12.7. The molecule has 0 aliphatic carbocycles. The number of benzene rings is 2. The van der Waals surface area contributed by atoms with Crippen LogP contribution in [0.1, 0.15) is 15.9 Å². The molecule has 9 nitrogen and oxygen atoms in total. The summed E-state index contributed by atoms with van der Waals surface area (Å²) in [7, 11) is 1.28. The van der Waals surface area contributed by atoms with Crippen LogP contribution >= 0.6 is 0 Å². The highest BCUT2D eigenvalue weighted by molar-refractivity contribution is 6.08. The van der Waals surface area contributed by atoms with Crippen LogP contribution in [0.5, 0.6) is 0 Å². The minimum atomic E-state index is -0.737. The van der Waals surface area contributed by atoms with Gasteiger partial charge in [0.15, 0.2) is 0 Å². The van der Waals surface area contributed by atoms with E-state index in [1.807, 2.05) is 30.5 Å². The summed E-state index contributed by atoms with van der Waals surface area (Å²) in [5.41, 5.74) is 2.63. The highest BCUT2D eigenvalue weighted by Crippen LogP contribution is 2.21. The van der Waals surface area contributed by atoms with Gasteiger partial charge in [0, 0.05) is 29.2 Å². The van der Waals surface area contributed by atoms with E-state index < -0.39 is 36.4 Å². The van der Waals surface area contributed by atoms with Crippen LogP contribution in [-0.2, 0) is 20.7 Å². The third-order valence-corrected chi connectivity index (χ3v) is 5.10. The van der Waals surface area contributed by atoms with E-state index in [1.165, 1.54) is 31.4 Å². The van der Waals surface area contributed by atoms with Crippen molar-refractivity contribution in [2.45, 2.75) is 12.5 Å². The van der Waals surface area contributed by atoms with E-state index in [4.69, 9.17) is 0 Å². The summed E-state index contributed by atoms with van der Waals surface area (Å²) in [6, 6.07) is 12.4. The second-order valence-corrected chi connectivity index (χ2v) is 7.11. The predicted octanol–water partition coefficient (Wildman–Crippen LogP) is 2.06. The molecule has 3 aromatic rings. The molecular formula is C22H20N4O5. The zero-order chi connectivity index (χ0) is 22.0. The van der Waals surface area contributed by atoms with Gasteiger partial charge in [-0.15, -0.1) is 0 Å². The molecule has 0 saturated carbocycles. The number of anilines is 1. The Morgan fingerprint density at radius 2 is 1.84 bits per heavy atom. The molecular weight excluding hydrogens is 400 g/mol. The number of hydrogen-bond acceptors (Lipinski definition) is 5. The lowest BCUT2D eigenvalue weighted by Crippen LogP contribution is -2.38. The summed E-state index contributed by atoms with van der Waals surface area (Å²) in [5, 5.41) is 6.24. The summed E-state index contributed by atoms with van der Waals surface area (Å²) >= 11 is 0. The molecule has 4 rings (SSSR count). The van der Waals surface area contributed by atoms with Crippen LogP contribution in [0.25, 0.3) is 10.9 Å². The lowest BCUT2D eigenvalue weighted by atomic mass is 10.1. The number of carbonyl (C=O) groups excluding carboxylic acids is 4. The Morgan fingerprint density at radius 1 is 1.10 bits per heavy atom. The summed E-state index contributed by atoms with van der Waals surface area (Å²) in [5.74, 6) is -1.47. The molecule has 1 fully saturated rings. The van der Waals surface area contributed by atoms with Gasteiger partial charge < -0.3 is 20.4 Å². The monoisotopic (exact) mass is 420 g/mol. The van der Waals surface area contributed by atoms with Crippen molar-refractivity contribution in [2.75, 3.05) is 19.0 Å². The summed E-state index contributed by atoms with van der Waals surface area (Å²) in [4.78, 5) is 52.9. The van der Waals surface area contributed by atoms with E-state index >= 15 is 0 Å². The molecule has 1 aliphatic heterocycles. The summed E-state index contributed by atoms with van der Waals surface area (Å²) in [6.07, 6.45) is 2.14. The summed E-state index contributed by atoms with van der Waals surface area (Å²) in [6.45, 7) is -0.409. The Kier molecular flexibility index (Phi) is 5.40. The fourth-order valence-electron chi connectivity index (χ4n) is 3.54. The van der Waals surface area contributed by atoms with Gasteiger partial charge in [0.25, 0.3) is 5.91 Å². The number of aromatic amines is 1. The van der Waals surface area contributed by atoms with Crippen molar-refractivity contribution in [2.24, 2.45) is 0 Å². The molecule has 1 unspecified atom stereocenters. The van der Waals surface area contributed by atoms with Crippen molar-refractivity contribution in [3.63, 3.8) is 0 Å². The number of carbonyl (C=O) groups is 4. The average Bonchev–Trinajstić information content (AvgIpc) is 3.30. The van der Waals surface area contributed by atoms with E-state index in [0.717, 1.165) is 21.4 Å². The number of para-hydroxylation sites is 1. The minimum absolute atomic E-state index is 0.321. The van der Waals surface area contributed by atoms with Gasteiger partial charge in [-0.1, -0.05) is 18.2 Å². The van der Waals surface area contributed by atoms with Crippen molar-refractivity contribution in [1.29, 1.82) is 0 Å². The van der Waals surface area contributed by atoms with E-state index in [9.17, 15) is 19.2 Å². The van der Waals surface area contributed by atoms with Gasteiger partial charge in [-0.25, -0.2) is 9.59 Å². The first kappa shape index (κ1) is 20.1. The van der Waals surface area contributed by atoms with Crippen LogP contribution in [0.3, 0.4) is 0 Å². The highest BCUT2D eigenvalue weighted by Gasteiger charge is 2.39. The SMILES string of the molecule is COC(=O)c1ccc(NC(=O)CN2C(=O)NC(Cc3c[nH]c4ccccc34)C2=O)cc1. The normalized spacial score (nSPS) is 15.8.